The molecule has 1 atom stereocenters. The van der Waals surface area contributed by atoms with E-state index in [1.807, 2.05) is 11.8 Å². The average Bonchev–Trinajstić information content (AvgIpc) is 3.13. The van der Waals surface area contributed by atoms with Crippen LogP contribution >= 0.6 is 0 Å². The van der Waals surface area contributed by atoms with Crippen molar-refractivity contribution in [1.82, 2.24) is 9.62 Å². The lowest BCUT2D eigenvalue weighted by atomic mass is 9.99. The summed E-state index contributed by atoms with van der Waals surface area (Å²) < 4.78 is 27.2. The maximum Gasteiger partial charge on any atom is 0.254 e. The minimum absolute atomic E-state index is 0.0280. The van der Waals surface area contributed by atoms with Crippen LogP contribution in [0.25, 0.3) is 0 Å². The molecule has 1 fully saturated rings. The number of nitrogens with one attached hydrogen (secondary N) is 1. The van der Waals surface area contributed by atoms with Crippen molar-refractivity contribution in [3.63, 3.8) is 0 Å². The van der Waals surface area contributed by atoms with Gasteiger partial charge in [-0.15, -0.1) is 0 Å². The van der Waals surface area contributed by atoms with Crippen molar-refractivity contribution in [3.8, 4) is 0 Å². The Hall–Kier alpha value is -2.18. The maximum absolute atomic E-state index is 13.4. The van der Waals surface area contributed by atoms with Gasteiger partial charge in [0.05, 0.1) is 10.9 Å². The standard InChI is InChI=1S/C22H28N2O3S/c1-5-23-28(26,27)19-11-9-16(3)20(14-19)22(25)24-12-6-7-21(24)18-10-8-15(2)17(4)13-18/h8-11,13-14,21,23H,5-7,12H2,1-4H3. The lowest BCUT2D eigenvalue weighted by Crippen LogP contribution is -2.31. The first-order chi connectivity index (χ1) is 13.2. The molecule has 1 aliphatic heterocycles. The van der Waals surface area contributed by atoms with E-state index < -0.39 is 10.0 Å². The van der Waals surface area contributed by atoms with Gasteiger partial charge in [0, 0.05) is 18.7 Å². The molecule has 150 valence electrons. The largest absolute Gasteiger partial charge is 0.332 e. The monoisotopic (exact) mass is 400 g/mol. The average molecular weight is 401 g/mol. The third kappa shape index (κ3) is 3.98. The number of benzene rings is 2. The summed E-state index contributed by atoms with van der Waals surface area (Å²) in [5.41, 5.74) is 4.83. The second-order valence-corrected chi connectivity index (χ2v) is 9.25. The topological polar surface area (TPSA) is 66.5 Å². The molecular formula is C22H28N2O3S. The van der Waals surface area contributed by atoms with E-state index in [1.54, 1.807) is 19.1 Å². The molecule has 0 saturated carbocycles. The predicted octanol–water partition coefficient (Wildman–Crippen LogP) is 3.89. The van der Waals surface area contributed by atoms with Gasteiger partial charge in [-0.1, -0.05) is 31.2 Å². The second-order valence-electron chi connectivity index (χ2n) is 7.48. The van der Waals surface area contributed by atoms with Crippen LogP contribution in [0, 0.1) is 20.8 Å². The maximum atomic E-state index is 13.4. The van der Waals surface area contributed by atoms with Crippen molar-refractivity contribution < 1.29 is 13.2 Å². The van der Waals surface area contributed by atoms with Gasteiger partial charge in [0.15, 0.2) is 0 Å². The normalized spacial score (nSPS) is 17.1. The number of hydrogen-bond acceptors (Lipinski definition) is 3. The Morgan fingerprint density at radius 3 is 2.46 bits per heavy atom. The number of carbonyl (C=O) groups excluding carboxylic acids is 1. The number of sulfonamides is 1. The van der Waals surface area contributed by atoms with Gasteiger partial charge in [-0.3, -0.25) is 4.79 Å². The van der Waals surface area contributed by atoms with Crippen molar-refractivity contribution in [3.05, 3.63) is 64.2 Å². The van der Waals surface area contributed by atoms with Gasteiger partial charge < -0.3 is 4.90 Å². The van der Waals surface area contributed by atoms with Crippen molar-refractivity contribution in [2.24, 2.45) is 0 Å². The van der Waals surface area contributed by atoms with E-state index >= 15 is 0 Å². The molecule has 3 rings (SSSR count). The van der Waals surface area contributed by atoms with Gasteiger partial charge >= 0.3 is 0 Å². The number of carbonyl (C=O) groups is 1. The van der Waals surface area contributed by atoms with Gasteiger partial charge in [0.25, 0.3) is 5.91 Å². The number of aryl methyl sites for hydroxylation is 3. The van der Waals surface area contributed by atoms with E-state index in [-0.39, 0.29) is 16.8 Å². The van der Waals surface area contributed by atoms with E-state index in [0.717, 1.165) is 24.0 Å². The molecule has 0 spiro atoms. The minimum Gasteiger partial charge on any atom is -0.332 e. The zero-order chi connectivity index (χ0) is 20.5. The van der Waals surface area contributed by atoms with E-state index in [4.69, 9.17) is 0 Å². The van der Waals surface area contributed by atoms with Crippen LogP contribution in [0.4, 0.5) is 0 Å². The first-order valence-corrected chi connectivity index (χ1v) is 11.2. The molecule has 0 radical (unpaired) electrons. The molecule has 28 heavy (non-hydrogen) atoms. The summed E-state index contributed by atoms with van der Waals surface area (Å²) in [5.74, 6) is -0.105. The summed E-state index contributed by atoms with van der Waals surface area (Å²) in [6, 6.07) is 11.1. The van der Waals surface area contributed by atoms with Crippen LogP contribution < -0.4 is 4.72 Å². The Morgan fingerprint density at radius 2 is 1.79 bits per heavy atom. The van der Waals surface area contributed by atoms with Crippen LogP contribution in [0.1, 0.15) is 58.4 Å². The number of amides is 1. The highest BCUT2D eigenvalue weighted by molar-refractivity contribution is 7.89. The van der Waals surface area contributed by atoms with Crippen LogP contribution in [-0.2, 0) is 10.0 Å². The Balaban J connectivity index is 1.95. The van der Waals surface area contributed by atoms with Crippen LogP contribution in [0.5, 0.6) is 0 Å². The van der Waals surface area contributed by atoms with E-state index in [9.17, 15) is 13.2 Å². The molecule has 1 aliphatic rings. The molecule has 1 unspecified atom stereocenters. The van der Waals surface area contributed by atoms with Gasteiger partial charge in [0.1, 0.15) is 0 Å². The van der Waals surface area contributed by atoms with Crippen LogP contribution in [0.2, 0.25) is 0 Å². The van der Waals surface area contributed by atoms with Gasteiger partial charge in [0.2, 0.25) is 10.0 Å². The molecule has 1 N–H and O–H groups in total. The van der Waals surface area contributed by atoms with Crippen LogP contribution in [0.15, 0.2) is 41.3 Å². The van der Waals surface area contributed by atoms with Gasteiger partial charge in [-0.05, 0) is 68.0 Å². The molecule has 0 bridgehead atoms. The summed E-state index contributed by atoms with van der Waals surface area (Å²) in [4.78, 5) is 15.4. The molecule has 1 amide bonds. The molecule has 6 heteroatoms. The van der Waals surface area contributed by atoms with Crippen molar-refractivity contribution in [2.75, 3.05) is 13.1 Å². The Labute approximate surface area is 167 Å². The number of rotatable bonds is 5. The highest BCUT2D eigenvalue weighted by Crippen LogP contribution is 2.34. The zero-order valence-corrected chi connectivity index (χ0v) is 17.8. The summed E-state index contributed by atoms with van der Waals surface area (Å²) >= 11 is 0. The summed E-state index contributed by atoms with van der Waals surface area (Å²) in [6.07, 6.45) is 1.86. The minimum atomic E-state index is -3.60. The highest BCUT2D eigenvalue weighted by Gasteiger charge is 2.32. The molecule has 0 aromatic heterocycles. The number of likely N-dealkylation sites (tertiary alicyclic amines) is 1. The van der Waals surface area contributed by atoms with Gasteiger partial charge in [-0.2, -0.15) is 0 Å². The molecule has 1 saturated heterocycles. The van der Waals surface area contributed by atoms with Crippen LogP contribution in [-0.4, -0.2) is 32.3 Å². The fourth-order valence-corrected chi connectivity index (χ4v) is 4.82. The third-order valence-electron chi connectivity index (χ3n) is 5.51. The third-order valence-corrected chi connectivity index (χ3v) is 7.06. The quantitative estimate of drug-likeness (QED) is 0.828. The molecule has 2 aromatic rings. The summed E-state index contributed by atoms with van der Waals surface area (Å²) in [7, 11) is -3.60. The lowest BCUT2D eigenvalue weighted by Gasteiger charge is -2.26. The second kappa shape index (κ2) is 8.05. The van der Waals surface area contributed by atoms with Gasteiger partial charge in [-0.25, -0.2) is 13.1 Å². The number of hydrogen-bond donors (Lipinski definition) is 1. The SMILES string of the molecule is CCNS(=O)(=O)c1ccc(C)c(C(=O)N2CCCC2c2ccc(C)c(C)c2)c1. The van der Waals surface area contributed by atoms with Crippen molar-refractivity contribution >= 4 is 15.9 Å². The lowest BCUT2D eigenvalue weighted by molar-refractivity contribution is 0.0734. The van der Waals surface area contributed by atoms with E-state index in [2.05, 4.69) is 36.8 Å². The summed E-state index contributed by atoms with van der Waals surface area (Å²) in [5, 5.41) is 0. The highest BCUT2D eigenvalue weighted by atomic mass is 32.2. The Morgan fingerprint density at radius 1 is 1.07 bits per heavy atom. The predicted molar refractivity (Wildman–Crippen MR) is 111 cm³/mol. The zero-order valence-electron chi connectivity index (χ0n) is 17.0. The molecular weight excluding hydrogens is 372 g/mol. The van der Waals surface area contributed by atoms with Crippen molar-refractivity contribution in [2.45, 2.75) is 51.5 Å². The van der Waals surface area contributed by atoms with Crippen LogP contribution in [0.3, 0.4) is 0 Å². The van der Waals surface area contributed by atoms with E-state index in [1.165, 1.54) is 17.2 Å². The summed E-state index contributed by atoms with van der Waals surface area (Å²) in [6.45, 7) is 8.73. The number of nitrogens with zero attached hydrogens (tertiary/aromatic N) is 1. The fourth-order valence-electron chi connectivity index (χ4n) is 3.75. The fraction of sp³-hybridized carbons (Fsp3) is 0.409. The molecule has 5 nitrogen and oxygen atoms in total. The molecule has 0 aliphatic carbocycles. The van der Waals surface area contributed by atoms with E-state index in [0.29, 0.717) is 18.7 Å². The Kier molecular flexibility index (Phi) is 5.91. The molecule has 2 aromatic carbocycles. The first-order valence-electron chi connectivity index (χ1n) is 9.73. The Bertz CT molecular complexity index is 999. The smallest absolute Gasteiger partial charge is 0.254 e. The molecule has 1 heterocycles. The first kappa shape index (κ1) is 20.6. The van der Waals surface area contributed by atoms with Crippen molar-refractivity contribution in [1.29, 1.82) is 0 Å².